The van der Waals surface area contributed by atoms with E-state index in [-0.39, 0.29) is 35.7 Å². The van der Waals surface area contributed by atoms with E-state index < -0.39 is 5.66 Å². The predicted molar refractivity (Wildman–Crippen MR) is 173 cm³/mol. The summed E-state index contributed by atoms with van der Waals surface area (Å²) in [6.45, 7) is 9.24. The highest BCUT2D eigenvalue weighted by atomic mass is 16.2. The first-order chi connectivity index (χ1) is 20.6. The van der Waals surface area contributed by atoms with Crippen LogP contribution in [0.5, 0.6) is 0 Å². The van der Waals surface area contributed by atoms with Gasteiger partial charge in [-0.3, -0.25) is 14.6 Å². The number of benzene rings is 2. The van der Waals surface area contributed by atoms with Crippen molar-refractivity contribution in [3.05, 3.63) is 70.8 Å². The minimum absolute atomic E-state index is 0.0293. The molecule has 1 spiro atoms. The number of rotatable bonds is 10. The molecule has 0 saturated heterocycles. The Kier molecular flexibility index (Phi) is 8.95. The molecule has 0 unspecified atom stereocenters. The molecule has 8 nitrogen and oxygen atoms in total. The van der Waals surface area contributed by atoms with Gasteiger partial charge in [-0.1, -0.05) is 70.9 Å². The summed E-state index contributed by atoms with van der Waals surface area (Å²) in [5.74, 6) is 6.32. The van der Waals surface area contributed by atoms with E-state index in [0.717, 1.165) is 56.1 Å². The Morgan fingerprint density at radius 1 is 1.12 bits per heavy atom. The molecule has 5 rings (SSSR count). The number of carbonyl (C=O) groups is 2. The Bertz CT molecular complexity index is 1380. The van der Waals surface area contributed by atoms with Crippen LogP contribution in [-0.4, -0.2) is 40.5 Å². The van der Waals surface area contributed by atoms with Crippen molar-refractivity contribution in [2.75, 3.05) is 6.54 Å². The standard InChI is InChI=1S/C35H48N6O2/c1-5-6-10-29(24-13-15-25(16-14-24)32(42)38-22-30(36)40-37)41-33(43)31(27-9-7-8-26(21-27)23-11-12-23)39-35(41)19-17-28(18-20-35)34(2,3)4/h7-9,13-16,21,23,28-29H,5-6,10-12,17-20,22,37H2,1-4H3,(H2,36,40)(H,38,42)/t28?,29-,35?/m1/s1. The van der Waals surface area contributed by atoms with E-state index in [2.05, 4.69) is 67.3 Å². The van der Waals surface area contributed by atoms with Crippen molar-refractivity contribution in [2.45, 2.75) is 103 Å². The topological polar surface area (TPSA) is 126 Å². The summed E-state index contributed by atoms with van der Waals surface area (Å²) in [6.07, 6.45) is 9.10. The summed E-state index contributed by atoms with van der Waals surface area (Å²) in [5.41, 5.74) is 9.70. The average Bonchev–Trinajstić information content (AvgIpc) is 3.82. The number of unbranched alkanes of at least 4 members (excludes halogenated alkanes) is 1. The third-order valence-electron chi connectivity index (χ3n) is 9.71. The van der Waals surface area contributed by atoms with Gasteiger partial charge in [-0.2, -0.15) is 5.10 Å². The maximum Gasteiger partial charge on any atom is 0.275 e. The lowest BCUT2D eigenvalue weighted by Crippen LogP contribution is -2.51. The quantitative estimate of drug-likeness (QED) is 0.137. The first-order valence-corrected chi connectivity index (χ1v) is 16.0. The van der Waals surface area contributed by atoms with Crippen molar-refractivity contribution >= 4 is 23.4 Å². The van der Waals surface area contributed by atoms with Crippen LogP contribution in [0, 0.1) is 11.3 Å². The maximum atomic E-state index is 14.6. The Hall–Kier alpha value is -3.68. The highest BCUT2D eigenvalue weighted by Gasteiger charge is 2.52. The summed E-state index contributed by atoms with van der Waals surface area (Å²) in [4.78, 5) is 34.8. The van der Waals surface area contributed by atoms with Crippen LogP contribution in [0.4, 0.5) is 0 Å². The molecule has 2 amide bonds. The number of hydrogen-bond acceptors (Lipinski definition) is 5. The molecule has 2 aromatic carbocycles. The average molecular weight is 585 g/mol. The monoisotopic (exact) mass is 584 g/mol. The van der Waals surface area contributed by atoms with Crippen molar-refractivity contribution in [3.63, 3.8) is 0 Å². The van der Waals surface area contributed by atoms with Gasteiger partial charge in [-0.05, 0) is 91.5 Å². The summed E-state index contributed by atoms with van der Waals surface area (Å²) < 4.78 is 0. The Balaban J connectivity index is 1.49. The summed E-state index contributed by atoms with van der Waals surface area (Å²) in [7, 11) is 0. The molecular weight excluding hydrogens is 536 g/mol. The lowest BCUT2D eigenvalue weighted by atomic mass is 9.69. The van der Waals surface area contributed by atoms with E-state index in [1.807, 2.05) is 24.3 Å². The number of hydrogen-bond donors (Lipinski definition) is 3. The largest absolute Gasteiger partial charge is 0.384 e. The fourth-order valence-corrected chi connectivity index (χ4v) is 6.91. The van der Waals surface area contributed by atoms with E-state index in [9.17, 15) is 9.59 Å². The van der Waals surface area contributed by atoms with Crippen LogP contribution < -0.4 is 16.9 Å². The smallest absolute Gasteiger partial charge is 0.275 e. The zero-order valence-electron chi connectivity index (χ0n) is 26.2. The summed E-state index contributed by atoms with van der Waals surface area (Å²) >= 11 is 0. The highest BCUT2D eigenvalue weighted by molar-refractivity contribution is 6.46. The van der Waals surface area contributed by atoms with Gasteiger partial charge in [-0.15, -0.1) is 0 Å². The SMILES string of the molecule is CCCC[C@H](c1ccc(C(=O)NC/C(N)=N/N)cc1)N1C(=O)C(c2cccc(C3CC3)c2)=NC12CCC(C(C)(C)C)CC2. The molecule has 5 N–H and O–H groups in total. The molecule has 0 aromatic heterocycles. The first kappa shape index (κ1) is 30.8. The molecule has 1 heterocycles. The van der Waals surface area contributed by atoms with Crippen LogP contribution in [-0.2, 0) is 4.79 Å². The van der Waals surface area contributed by atoms with Gasteiger partial charge in [0, 0.05) is 11.1 Å². The van der Waals surface area contributed by atoms with Gasteiger partial charge in [-0.25, -0.2) is 0 Å². The van der Waals surface area contributed by atoms with Gasteiger partial charge < -0.3 is 21.8 Å². The lowest BCUT2D eigenvalue weighted by Gasteiger charge is -2.47. The fraction of sp³-hybridized carbons (Fsp3) is 0.543. The van der Waals surface area contributed by atoms with E-state index in [0.29, 0.717) is 23.1 Å². The second kappa shape index (κ2) is 12.5. The number of aliphatic imine (C=N–C) groups is 1. The van der Waals surface area contributed by atoms with Crippen molar-refractivity contribution in [3.8, 4) is 0 Å². The molecule has 230 valence electrons. The van der Waals surface area contributed by atoms with Crippen molar-refractivity contribution < 1.29 is 9.59 Å². The van der Waals surface area contributed by atoms with Crippen LogP contribution in [0.3, 0.4) is 0 Å². The van der Waals surface area contributed by atoms with Gasteiger partial charge in [0.2, 0.25) is 0 Å². The lowest BCUT2D eigenvalue weighted by molar-refractivity contribution is -0.133. The van der Waals surface area contributed by atoms with Crippen LogP contribution in [0.1, 0.15) is 124 Å². The third kappa shape index (κ3) is 6.63. The summed E-state index contributed by atoms with van der Waals surface area (Å²) in [5, 5.41) is 6.15. The van der Waals surface area contributed by atoms with Crippen LogP contribution in [0.2, 0.25) is 0 Å². The second-order valence-corrected chi connectivity index (χ2v) is 13.7. The molecule has 1 atom stereocenters. The fourth-order valence-electron chi connectivity index (χ4n) is 6.91. The molecule has 43 heavy (non-hydrogen) atoms. The Morgan fingerprint density at radius 3 is 2.42 bits per heavy atom. The van der Waals surface area contributed by atoms with E-state index in [4.69, 9.17) is 16.6 Å². The molecule has 0 bridgehead atoms. The molecule has 2 aliphatic carbocycles. The maximum absolute atomic E-state index is 14.6. The van der Waals surface area contributed by atoms with Gasteiger partial charge in [0.1, 0.15) is 17.2 Å². The number of hydrazone groups is 1. The molecule has 2 aromatic rings. The Morgan fingerprint density at radius 2 is 1.81 bits per heavy atom. The number of amides is 2. The first-order valence-electron chi connectivity index (χ1n) is 16.0. The van der Waals surface area contributed by atoms with E-state index in [1.54, 1.807) is 0 Å². The predicted octanol–water partition coefficient (Wildman–Crippen LogP) is 6.02. The number of carbonyl (C=O) groups excluding carboxylic acids is 2. The van der Waals surface area contributed by atoms with Crippen molar-refractivity contribution in [1.29, 1.82) is 0 Å². The molecular formula is C35H48N6O2. The minimum atomic E-state index is -0.558. The molecule has 3 aliphatic rings. The third-order valence-corrected chi connectivity index (χ3v) is 9.71. The molecule has 8 heteroatoms. The second-order valence-electron chi connectivity index (χ2n) is 13.7. The molecule has 0 radical (unpaired) electrons. The summed E-state index contributed by atoms with van der Waals surface area (Å²) in [6, 6.07) is 16.0. The Labute approximate surface area is 256 Å². The van der Waals surface area contributed by atoms with Gasteiger partial charge >= 0.3 is 0 Å². The number of nitrogens with two attached hydrogens (primary N) is 2. The van der Waals surface area contributed by atoms with E-state index >= 15 is 0 Å². The number of amidine groups is 1. The zero-order valence-corrected chi connectivity index (χ0v) is 26.2. The van der Waals surface area contributed by atoms with Crippen LogP contribution in [0.15, 0.2) is 58.6 Å². The minimum Gasteiger partial charge on any atom is -0.384 e. The normalized spacial score (nSPS) is 23.4. The van der Waals surface area contributed by atoms with Gasteiger partial charge in [0.15, 0.2) is 0 Å². The van der Waals surface area contributed by atoms with E-state index in [1.165, 1.54) is 18.4 Å². The van der Waals surface area contributed by atoms with Crippen molar-refractivity contribution in [2.24, 2.45) is 33.0 Å². The number of nitrogens with one attached hydrogen (secondary N) is 1. The van der Waals surface area contributed by atoms with Gasteiger partial charge in [0.25, 0.3) is 11.8 Å². The van der Waals surface area contributed by atoms with Crippen LogP contribution in [0.25, 0.3) is 0 Å². The van der Waals surface area contributed by atoms with Crippen molar-refractivity contribution in [1.82, 2.24) is 10.2 Å². The molecule has 1 aliphatic heterocycles. The number of nitrogens with zero attached hydrogens (tertiary/aromatic N) is 3. The molecule has 2 saturated carbocycles. The van der Waals surface area contributed by atoms with Crippen LogP contribution >= 0.6 is 0 Å². The van der Waals surface area contributed by atoms with Gasteiger partial charge in [0.05, 0.1) is 12.6 Å². The zero-order chi connectivity index (χ0) is 30.8. The highest BCUT2D eigenvalue weighted by Crippen LogP contribution is 2.50. The molecule has 2 fully saturated rings.